The summed E-state index contributed by atoms with van der Waals surface area (Å²) in [5, 5.41) is 12.4. The summed E-state index contributed by atoms with van der Waals surface area (Å²) >= 11 is 0. The fraction of sp³-hybridized carbons (Fsp3) is 0.533. The van der Waals surface area contributed by atoms with E-state index in [0.29, 0.717) is 12.3 Å². The molecule has 0 aromatic heterocycles. The molecule has 4 nitrogen and oxygen atoms in total. The Kier molecular flexibility index (Phi) is 4.64. The summed E-state index contributed by atoms with van der Waals surface area (Å²) in [6.45, 7) is 5.06. The monoisotopic (exact) mass is 259 g/mol. The number of rotatable bonds is 3. The molecule has 1 aromatic carbocycles. The van der Waals surface area contributed by atoms with Crippen LogP contribution in [-0.4, -0.2) is 32.8 Å². The van der Waals surface area contributed by atoms with Crippen molar-refractivity contribution in [3.05, 3.63) is 24.3 Å². The van der Waals surface area contributed by atoms with E-state index in [4.69, 9.17) is 10.00 Å². The summed E-state index contributed by atoms with van der Waals surface area (Å²) in [6.07, 6.45) is 0.549. The van der Waals surface area contributed by atoms with Crippen molar-refractivity contribution >= 4 is 5.69 Å². The van der Waals surface area contributed by atoms with Gasteiger partial charge in [0.05, 0.1) is 19.6 Å². The van der Waals surface area contributed by atoms with Gasteiger partial charge in [-0.2, -0.15) is 5.26 Å². The first-order valence-corrected chi connectivity index (χ1v) is 6.72. The molecule has 4 heteroatoms. The number of benzene rings is 1. The van der Waals surface area contributed by atoms with Gasteiger partial charge < -0.3 is 15.0 Å². The molecule has 0 bridgehead atoms. The topological polar surface area (TPSA) is 48.3 Å². The van der Waals surface area contributed by atoms with Gasteiger partial charge in [-0.25, -0.2) is 0 Å². The van der Waals surface area contributed by atoms with Crippen molar-refractivity contribution in [2.75, 3.05) is 31.6 Å². The zero-order chi connectivity index (χ0) is 13.7. The number of nitriles is 1. The molecule has 0 saturated carbocycles. The fourth-order valence-corrected chi connectivity index (χ4v) is 2.48. The smallest absolute Gasteiger partial charge is 0.120 e. The first-order chi connectivity index (χ1) is 9.22. The lowest BCUT2D eigenvalue weighted by molar-refractivity contribution is 0.414. The van der Waals surface area contributed by atoms with E-state index in [-0.39, 0.29) is 6.04 Å². The maximum atomic E-state index is 8.89. The first kappa shape index (κ1) is 13.7. The number of hydrogen-bond acceptors (Lipinski definition) is 4. The minimum Gasteiger partial charge on any atom is -0.497 e. The lowest BCUT2D eigenvalue weighted by atomic mass is 10.1. The molecule has 2 atom stereocenters. The summed E-state index contributed by atoms with van der Waals surface area (Å²) in [5.74, 6) is 1.44. The van der Waals surface area contributed by atoms with Gasteiger partial charge in [-0.15, -0.1) is 0 Å². The van der Waals surface area contributed by atoms with Crippen LogP contribution in [0.3, 0.4) is 0 Å². The van der Waals surface area contributed by atoms with E-state index >= 15 is 0 Å². The summed E-state index contributed by atoms with van der Waals surface area (Å²) in [6, 6.07) is 10.6. The van der Waals surface area contributed by atoms with Gasteiger partial charge in [-0.1, -0.05) is 13.0 Å². The number of ether oxygens (including phenoxy) is 1. The summed E-state index contributed by atoms with van der Waals surface area (Å²) in [5.41, 5.74) is 1.16. The largest absolute Gasteiger partial charge is 0.497 e. The van der Waals surface area contributed by atoms with Crippen LogP contribution in [-0.2, 0) is 0 Å². The van der Waals surface area contributed by atoms with Crippen LogP contribution in [0, 0.1) is 17.2 Å². The third kappa shape index (κ3) is 3.62. The quantitative estimate of drug-likeness (QED) is 0.902. The molecule has 102 valence electrons. The van der Waals surface area contributed by atoms with E-state index in [0.717, 1.165) is 31.1 Å². The van der Waals surface area contributed by atoms with Gasteiger partial charge in [0.2, 0.25) is 0 Å². The van der Waals surface area contributed by atoms with Gasteiger partial charge in [-0.05, 0) is 24.6 Å². The van der Waals surface area contributed by atoms with Crippen molar-refractivity contribution in [2.24, 2.45) is 5.92 Å². The van der Waals surface area contributed by atoms with Gasteiger partial charge in [0.1, 0.15) is 5.75 Å². The fourth-order valence-electron chi connectivity index (χ4n) is 2.48. The van der Waals surface area contributed by atoms with Gasteiger partial charge in [0.15, 0.2) is 0 Å². The number of hydrogen-bond donors (Lipinski definition) is 1. The van der Waals surface area contributed by atoms with Crippen LogP contribution in [0.25, 0.3) is 0 Å². The Bertz CT molecular complexity index is 455. The van der Waals surface area contributed by atoms with Crippen molar-refractivity contribution in [3.8, 4) is 11.8 Å². The number of anilines is 1. The van der Waals surface area contributed by atoms with Crippen LogP contribution in [0.4, 0.5) is 5.69 Å². The second kappa shape index (κ2) is 6.44. The minimum absolute atomic E-state index is 0.237. The van der Waals surface area contributed by atoms with E-state index in [1.807, 2.05) is 12.1 Å². The summed E-state index contributed by atoms with van der Waals surface area (Å²) in [4.78, 5) is 2.34. The van der Waals surface area contributed by atoms with Crippen molar-refractivity contribution < 1.29 is 4.74 Å². The van der Waals surface area contributed by atoms with Crippen LogP contribution in [0.1, 0.15) is 13.3 Å². The average molecular weight is 259 g/mol. The van der Waals surface area contributed by atoms with E-state index < -0.39 is 0 Å². The standard InChI is InChI=1S/C15H21N3O/c1-12-9-17-13(6-7-16)11-18(10-12)14-4-3-5-15(8-14)19-2/h3-5,8,12-13,17H,6,9-11H2,1-2H3. The third-order valence-electron chi connectivity index (χ3n) is 3.48. The highest BCUT2D eigenvalue weighted by atomic mass is 16.5. The molecule has 19 heavy (non-hydrogen) atoms. The molecule has 1 N–H and O–H groups in total. The Labute approximate surface area is 115 Å². The van der Waals surface area contributed by atoms with E-state index in [1.165, 1.54) is 0 Å². The molecule has 1 saturated heterocycles. The number of nitrogens with one attached hydrogen (secondary N) is 1. The van der Waals surface area contributed by atoms with Crippen molar-refractivity contribution in [1.29, 1.82) is 5.26 Å². The maximum Gasteiger partial charge on any atom is 0.120 e. The zero-order valence-corrected chi connectivity index (χ0v) is 11.6. The minimum atomic E-state index is 0.237. The van der Waals surface area contributed by atoms with Crippen LogP contribution < -0.4 is 15.0 Å². The lowest BCUT2D eigenvalue weighted by Gasteiger charge is -2.27. The molecule has 0 radical (unpaired) electrons. The Morgan fingerprint density at radius 2 is 2.32 bits per heavy atom. The number of methoxy groups -OCH3 is 1. The number of nitrogens with zero attached hydrogens (tertiary/aromatic N) is 2. The van der Waals surface area contributed by atoms with Crippen LogP contribution in [0.2, 0.25) is 0 Å². The van der Waals surface area contributed by atoms with Gasteiger partial charge in [0.25, 0.3) is 0 Å². The van der Waals surface area contributed by atoms with Crippen molar-refractivity contribution in [2.45, 2.75) is 19.4 Å². The SMILES string of the molecule is COc1cccc(N2CC(C)CNC(CC#N)C2)c1. The Morgan fingerprint density at radius 3 is 3.05 bits per heavy atom. The van der Waals surface area contributed by atoms with Gasteiger partial charge in [0, 0.05) is 30.9 Å². The predicted molar refractivity (Wildman–Crippen MR) is 76.4 cm³/mol. The molecular formula is C15H21N3O. The Balaban J connectivity index is 2.17. The molecule has 2 rings (SSSR count). The molecular weight excluding hydrogens is 238 g/mol. The summed E-state index contributed by atoms with van der Waals surface area (Å²) in [7, 11) is 1.68. The van der Waals surface area contributed by atoms with Gasteiger partial charge >= 0.3 is 0 Å². The second-order valence-electron chi connectivity index (χ2n) is 5.18. The molecule has 0 spiro atoms. The Morgan fingerprint density at radius 1 is 1.47 bits per heavy atom. The predicted octanol–water partition coefficient (Wildman–Crippen LogP) is 2.02. The molecule has 1 aliphatic rings. The third-order valence-corrected chi connectivity index (χ3v) is 3.48. The van der Waals surface area contributed by atoms with E-state index in [9.17, 15) is 0 Å². The summed E-state index contributed by atoms with van der Waals surface area (Å²) < 4.78 is 5.28. The first-order valence-electron chi connectivity index (χ1n) is 6.72. The molecule has 1 heterocycles. The van der Waals surface area contributed by atoms with Crippen LogP contribution in [0.5, 0.6) is 5.75 Å². The van der Waals surface area contributed by atoms with Crippen molar-refractivity contribution in [1.82, 2.24) is 5.32 Å². The molecule has 0 aliphatic carbocycles. The second-order valence-corrected chi connectivity index (χ2v) is 5.18. The molecule has 1 fully saturated rings. The lowest BCUT2D eigenvalue weighted by Crippen LogP contribution is -2.37. The van der Waals surface area contributed by atoms with Crippen molar-refractivity contribution in [3.63, 3.8) is 0 Å². The Hall–Kier alpha value is -1.73. The maximum absolute atomic E-state index is 8.89. The van der Waals surface area contributed by atoms with E-state index in [2.05, 4.69) is 35.3 Å². The normalized spacial score (nSPS) is 23.5. The molecule has 1 aliphatic heterocycles. The molecule has 2 unspecified atom stereocenters. The highest BCUT2D eigenvalue weighted by molar-refractivity contribution is 5.51. The van der Waals surface area contributed by atoms with Crippen LogP contribution >= 0.6 is 0 Å². The zero-order valence-electron chi connectivity index (χ0n) is 11.6. The highest BCUT2D eigenvalue weighted by Gasteiger charge is 2.21. The van der Waals surface area contributed by atoms with Crippen LogP contribution in [0.15, 0.2) is 24.3 Å². The molecule has 0 amide bonds. The molecule has 1 aromatic rings. The van der Waals surface area contributed by atoms with E-state index in [1.54, 1.807) is 7.11 Å². The average Bonchev–Trinajstić information content (AvgIpc) is 2.62. The van der Waals surface area contributed by atoms with Gasteiger partial charge in [-0.3, -0.25) is 0 Å². The highest BCUT2D eigenvalue weighted by Crippen LogP contribution is 2.23.